The largest absolute Gasteiger partial charge is 0.493 e. The quantitative estimate of drug-likeness (QED) is 0.423. The molecule has 1 aliphatic heterocycles. The van der Waals surface area contributed by atoms with Crippen molar-refractivity contribution in [2.24, 2.45) is 0 Å². The number of alkyl halides is 5. The summed E-state index contributed by atoms with van der Waals surface area (Å²) < 4.78 is 73.8. The third kappa shape index (κ3) is 6.72. The lowest BCUT2D eigenvalue weighted by Gasteiger charge is -2.36. The Bertz CT molecular complexity index is 963. The third-order valence-corrected chi connectivity index (χ3v) is 5.50. The highest BCUT2D eigenvalue weighted by Gasteiger charge is 2.31. The van der Waals surface area contributed by atoms with Crippen molar-refractivity contribution in [2.45, 2.75) is 19.2 Å². The minimum absolute atomic E-state index is 0.0339. The van der Waals surface area contributed by atoms with Crippen molar-refractivity contribution in [1.82, 2.24) is 10.2 Å². The molecule has 1 saturated heterocycles. The number of nitrogens with zero attached hydrogens (tertiary/aromatic N) is 2. The topological polar surface area (TPSA) is 54.0 Å². The molecule has 2 aromatic rings. The lowest BCUT2D eigenvalue weighted by atomic mass is 10.1. The van der Waals surface area contributed by atoms with Crippen LogP contribution in [0.4, 0.5) is 27.6 Å². The molecule has 0 atom stereocenters. The zero-order valence-corrected chi connectivity index (χ0v) is 18.6. The van der Waals surface area contributed by atoms with Crippen LogP contribution in [0.2, 0.25) is 0 Å². The number of hydrogen-bond donors (Lipinski definition) is 1. The van der Waals surface area contributed by atoms with Gasteiger partial charge in [0.1, 0.15) is 0 Å². The number of nitrogens with one attached hydrogen (secondary N) is 1. The molecule has 0 radical (unpaired) electrons. The van der Waals surface area contributed by atoms with Crippen LogP contribution in [-0.2, 0) is 6.18 Å². The first-order valence-electron chi connectivity index (χ1n) is 10.7. The van der Waals surface area contributed by atoms with Gasteiger partial charge in [-0.05, 0) is 43.3 Å². The van der Waals surface area contributed by atoms with E-state index in [0.29, 0.717) is 51.4 Å². The molecule has 6 nitrogen and oxygen atoms in total. The van der Waals surface area contributed by atoms with Crippen molar-refractivity contribution in [2.75, 3.05) is 51.3 Å². The average molecular weight is 487 g/mol. The standard InChI is InChI=1S/C23H26F5N3O3/c1-33-19-8-3-7-18(20(19)34-22(24)25)21(32)29-9-4-10-30-11-13-31(14-12-30)17-6-2-5-16(15-17)23(26,27)28/h2-3,5-8,15,22H,4,9-14H2,1H3,(H,29,32). The molecular formula is C23H26F5N3O3. The second kappa shape index (κ2) is 11.4. The molecule has 1 heterocycles. The summed E-state index contributed by atoms with van der Waals surface area (Å²) in [6, 6.07) is 9.61. The van der Waals surface area contributed by atoms with E-state index < -0.39 is 24.3 Å². The molecule has 3 rings (SSSR count). The first kappa shape index (κ1) is 25.5. The number of hydrogen-bond acceptors (Lipinski definition) is 5. The number of carbonyl (C=O) groups excluding carboxylic acids is 1. The van der Waals surface area contributed by atoms with Gasteiger partial charge in [0.05, 0.1) is 18.2 Å². The van der Waals surface area contributed by atoms with Gasteiger partial charge < -0.3 is 19.7 Å². The smallest absolute Gasteiger partial charge is 0.416 e. The van der Waals surface area contributed by atoms with E-state index in [1.54, 1.807) is 6.07 Å². The van der Waals surface area contributed by atoms with E-state index in [1.807, 2.05) is 4.90 Å². The van der Waals surface area contributed by atoms with E-state index in [4.69, 9.17) is 4.74 Å². The van der Waals surface area contributed by atoms with Gasteiger partial charge in [0, 0.05) is 38.4 Å². The lowest BCUT2D eigenvalue weighted by molar-refractivity contribution is -0.137. The van der Waals surface area contributed by atoms with Gasteiger partial charge >= 0.3 is 12.8 Å². The van der Waals surface area contributed by atoms with Gasteiger partial charge in [-0.25, -0.2) is 0 Å². The molecular weight excluding hydrogens is 461 g/mol. The van der Waals surface area contributed by atoms with Gasteiger partial charge in [-0.1, -0.05) is 12.1 Å². The van der Waals surface area contributed by atoms with E-state index >= 15 is 0 Å². The van der Waals surface area contributed by atoms with Crippen LogP contribution >= 0.6 is 0 Å². The van der Waals surface area contributed by atoms with E-state index in [-0.39, 0.29) is 17.1 Å². The molecule has 34 heavy (non-hydrogen) atoms. The number of amides is 1. The molecule has 0 aliphatic carbocycles. The van der Waals surface area contributed by atoms with Crippen LogP contribution in [0.25, 0.3) is 0 Å². The Morgan fingerprint density at radius 2 is 1.79 bits per heavy atom. The van der Waals surface area contributed by atoms with E-state index in [1.165, 1.54) is 31.4 Å². The number of carbonyl (C=O) groups is 1. The van der Waals surface area contributed by atoms with Gasteiger partial charge in [0.2, 0.25) is 0 Å². The fraction of sp³-hybridized carbons (Fsp3) is 0.435. The molecule has 1 aliphatic rings. The number of ether oxygens (including phenoxy) is 2. The molecule has 1 amide bonds. The lowest BCUT2D eigenvalue weighted by Crippen LogP contribution is -2.47. The highest BCUT2D eigenvalue weighted by Crippen LogP contribution is 2.33. The van der Waals surface area contributed by atoms with Crippen molar-refractivity contribution in [3.05, 3.63) is 53.6 Å². The van der Waals surface area contributed by atoms with Gasteiger partial charge in [-0.3, -0.25) is 9.69 Å². The molecule has 0 bridgehead atoms. The highest BCUT2D eigenvalue weighted by molar-refractivity contribution is 5.97. The molecule has 1 fully saturated rings. The molecule has 2 aromatic carbocycles. The molecule has 0 aromatic heterocycles. The van der Waals surface area contributed by atoms with Crippen molar-refractivity contribution in [3.8, 4) is 11.5 Å². The second-order valence-electron chi connectivity index (χ2n) is 7.70. The van der Waals surface area contributed by atoms with Gasteiger partial charge in [0.15, 0.2) is 11.5 Å². The van der Waals surface area contributed by atoms with Gasteiger partial charge in [-0.15, -0.1) is 0 Å². The summed E-state index contributed by atoms with van der Waals surface area (Å²) in [5, 5.41) is 2.70. The Balaban J connectivity index is 1.45. The summed E-state index contributed by atoms with van der Waals surface area (Å²) in [6.07, 6.45) is -3.76. The molecule has 0 spiro atoms. The zero-order valence-electron chi connectivity index (χ0n) is 18.6. The fourth-order valence-corrected chi connectivity index (χ4v) is 3.77. The Morgan fingerprint density at radius 1 is 1.09 bits per heavy atom. The van der Waals surface area contributed by atoms with Crippen molar-refractivity contribution >= 4 is 11.6 Å². The summed E-state index contributed by atoms with van der Waals surface area (Å²) in [5.74, 6) is -0.835. The predicted octanol–water partition coefficient (Wildman–Crippen LogP) is 4.26. The second-order valence-corrected chi connectivity index (χ2v) is 7.70. The van der Waals surface area contributed by atoms with E-state index in [9.17, 15) is 26.7 Å². The van der Waals surface area contributed by atoms with Crippen LogP contribution in [0.3, 0.4) is 0 Å². The SMILES string of the molecule is COc1cccc(C(=O)NCCCN2CCN(c3cccc(C(F)(F)F)c3)CC2)c1OC(F)F. The Kier molecular flexibility index (Phi) is 8.54. The average Bonchev–Trinajstić information content (AvgIpc) is 2.81. The molecule has 11 heteroatoms. The number of rotatable bonds is 9. The van der Waals surface area contributed by atoms with Crippen LogP contribution < -0.4 is 19.7 Å². The predicted molar refractivity (Wildman–Crippen MR) is 117 cm³/mol. The van der Waals surface area contributed by atoms with Crippen molar-refractivity contribution < 1.29 is 36.2 Å². The van der Waals surface area contributed by atoms with Crippen LogP contribution in [0.5, 0.6) is 11.5 Å². The fourth-order valence-electron chi connectivity index (χ4n) is 3.77. The number of anilines is 1. The highest BCUT2D eigenvalue weighted by atomic mass is 19.4. The van der Waals surface area contributed by atoms with Crippen LogP contribution in [0.15, 0.2) is 42.5 Å². The normalized spacial score (nSPS) is 14.9. The minimum Gasteiger partial charge on any atom is -0.493 e. The summed E-state index contributed by atoms with van der Waals surface area (Å²) in [7, 11) is 1.29. The van der Waals surface area contributed by atoms with E-state index in [0.717, 1.165) is 12.1 Å². The Hall–Kier alpha value is -3.08. The Morgan fingerprint density at radius 3 is 2.44 bits per heavy atom. The maximum absolute atomic E-state index is 12.9. The zero-order chi connectivity index (χ0) is 24.7. The third-order valence-electron chi connectivity index (χ3n) is 5.50. The molecule has 0 saturated carbocycles. The molecule has 186 valence electrons. The maximum atomic E-state index is 12.9. The van der Waals surface area contributed by atoms with Gasteiger partial charge in [-0.2, -0.15) is 22.0 Å². The maximum Gasteiger partial charge on any atom is 0.416 e. The monoisotopic (exact) mass is 487 g/mol. The Labute approximate surface area is 194 Å². The molecule has 1 N–H and O–H groups in total. The van der Waals surface area contributed by atoms with Crippen molar-refractivity contribution in [3.63, 3.8) is 0 Å². The molecule has 0 unspecified atom stereocenters. The van der Waals surface area contributed by atoms with Crippen molar-refractivity contribution in [1.29, 1.82) is 0 Å². The summed E-state index contributed by atoms with van der Waals surface area (Å²) in [5.41, 5.74) is -0.169. The number of para-hydroxylation sites is 1. The minimum atomic E-state index is -4.38. The van der Waals surface area contributed by atoms with Crippen LogP contribution in [0, 0.1) is 0 Å². The summed E-state index contributed by atoms with van der Waals surface area (Å²) in [6.45, 7) is 0.418. The van der Waals surface area contributed by atoms with Crippen LogP contribution in [-0.4, -0.2) is 63.8 Å². The summed E-state index contributed by atoms with van der Waals surface area (Å²) in [4.78, 5) is 16.5. The first-order chi connectivity index (χ1) is 16.2. The van der Waals surface area contributed by atoms with Crippen LogP contribution in [0.1, 0.15) is 22.3 Å². The summed E-state index contributed by atoms with van der Waals surface area (Å²) >= 11 is 0. The van der Waals surface area contributed by atoms with E-state index in [2.05, 4.69) is 15.0 Å². The number of halogens is 5. The van der Waals surface area contributed by atoms with Gasteiger partial charge in [0.25, 0.3) is 5.91 Å². The number of methoxy groups -OCH3 is 1. The number of benzene rings is 2. The number of piperazine rings is 1. The first-order valence-corrected chi connectivity index (χ1v) is 10.7.